The Kier molecular flexibility index (Phi) is 6.50. The van der Waals surface area contributed by atoms with E-state index in [4.69, 9.17) is 39.6 Å². The molecule has 0 aliphatic carbocycles. The molecule has 2 heterocycles. The van der Waals surface area contributed by atoms with Gasteiger partial charge in [-0.05, 0) is 29.2 Å². The summed E-state index contributed by atoms with van der Waals surface area (Å²) >= 11 is 21.4. The first-order valence-corrected chi connectivity index (χ1v) is 12.3. The fraction of sp³-hybridized carbons (Fsp3) is 0.375. The first-order valence-electron chi connectivity index (χ1n) is 10.4. The third-order valence-corrected chi connectivity index (χ3v) is 8.10. The topological polar surface area (TPSA) is 57.7 Å². The van der Waals surface area contributed by atoms with Gasteiger partial charge in [-0.1, -0.05) is 88.8 Å². The summed E-state index contributed by atoms with van der Waals surface area (Å²) in [6, 6.07) is 9.23. The van der Waals surface area contributed by atoms with Gasteiger partial charge < -0.3 is 4.84 Å². The zero-order valence-electron chi connectivity index (χ0n) is 18.6. The van der Waals surface area contributed by atoms with Crippen LogP contribution in [0.1, 0.15) is 43.9 Å². The maximum atomic E-state index is 14.3. The summed E-state index contributed by atoms with van der Waals surface area (Å²) in [7, 11) is 0. The van der Waals surface area contributed by atoms with Crippen LogP contribution in [0.25, 0.3) is 0 Å². The molecule has 184 valence electrons. The molecule has 0 radical (unpaired) electrons. The fourth-order valence-electron chi connectivity index (χ4n) is 4.45. The Balaban J connectivity index is 1.71. The SMILES string of the molecule is CC(C)(C)C1N=CC1(C#N)c1ccc(C2=NOC(c3cc(Cl)c(Cl)c(Cl)c3)(C(F)(F)F)C2)cc1Br. The van der Waals surface area contributed by atoms with Crippen molar-refractivity contribution in [3.8, 4) is 6.07 Å². The molecule has 3 atom stereocenters. The number of rotatable bonds is 3. The highest BCUT2D eigenvalue weighted by atomic mass is 79.9. The number of benzene rings is 2. The van der Waals surface area contributed by atoms with Crippen molar-refractivity contribution in [1.82, 2.24) is 0 Å². The van der Waals surface area contributed by atoms with Gasteiger partial charge in [0, 0.05) is 28.2 Å². The molecular weight excluding hydrogens is 590 g/mol. The summed E-state index contributed by atoms with van der Waals surface area (Å²) < 4.78 is 43.5. The quantitative estimate of drug-likeness (QED) is 0.330. The van der Waals surface area contributed by atoms with Crippen LogP contribution in [-0.4, -0.2) is 24.1 Å². The number of alkyl halides is 3. The van der Waals surface area contributed by atoms with E-state index in [-0.39, 0.29) is 37.8 Å². The van der Waals surface area contributed by atoms with Crippen molar-refractivity contribution in [3.63, 3.8) is 0 Å². The van der Waals surface area contributed by atoms with Crippen molar-refractivity contribution >= 4 is 62.7 Å². The van der Waals surface area contributed by atoms with E-state index in [0.717, 1.165) is 12.1 Å². The highest BCUT2D eigenvalue weighted by molar-refractivity contribution is 9.10. The Hall–Kier alpha value is -1.79. The molecule has 0 N–H and O–H groups in total. The monoisotopic (exact) mass is 605 g/mol. The molecule has 0 bridgehead atoms. The second-order valence-corrected chi connectivity index (χ2v) is 11.7. The summed E-state index contributed by atoms with van der Waals surface area (Å²) in [5.74, 6) is 0. The van der Waals surface area contributed by atoms with E-state index in [1.807, 2.05) is 20.8 Å². The standard InChI is InChI=1S/C24H18BrCl3F3N3O/c1-21(2,3)20-22(10-32,11-33-20)14-5-4-12(6-15(14)25)18-9-23(35-34-18,24(29,30)31)13-7-16(26)19(28)17(27)8-13/h4-8,11,20H,9H2,1-3H3. The third-order valence-electron chi connectivity index (χ3n) is 6.25. The van der Waals surface area contributed by atoms with Crippen molar-refractivity contribution in [3.05, 3.63) is 66.6 Å². The summed E-state index contributed by atoms with van der Waals surface area (Å²) in [4.78, 5) is 9.49. The van der Waals surface area contributed by atoms with Gasteiger partial charge in [-0.15, -0.1) is 0 Å². The number of aliphatic imine (C=N–C) groups is 1. The molecule has 4 rings (SSSR count). The lowest BCUT2D eigenvalue weighted by Gasteiger charge is -2.44. The lowest BCUT2D eigenvalue weighted by atomic mass is 9.63. The van der Waals surface area contributed by atoms with Crippen LogP contribution in [0.15, 0.2) is 45.0 Å². The number of nitriles is 1. The maximum Gasteiger partial charge on any atom is 0.435 e. The van der Waals surface area contributed by atoms with E-state index in [0.29, 0.717) is 15.6 Å². The van der Waals surface area contributed by atoms with E-state index in [2.05, 4.69) is 32.1 Å². The largest absolute Gasteiger partial charge is 0.435 e. The molecule has 0 amide bonds. The van der Waals surface area contributed by atoms with Crippen LogP contribution in [0.2, 0.25) is 15.1 Å². The first kappa shape index (κ1) is 26.3. The molecule has 2 aliphatic rings. The Labute approximate surface area is 223 Å². The molecule has 2 aromatic carbocycles. The first-order chi connectivity index (χ1) is 16.2. The van der Waals surface area contributed by atoms with Crippen molar-refractivity contribution < 1.29 is 18.0 Å². The van der Waals surface area contributed by atoms with Gasteiger partial charge in [0.1, 0.15) is 5.41 Å². The van der Waals surface area contributed by atoms with Gasteiger partial charge in [-0.25, -0.2) is 0 Å². The number of oxime groups is 1. The number of hydrogen-bond acceptors (Lipinski definition) is 4. The fourth-order valence-corrected chi connectivity index (χ4v) is 5.75. The molecule has 4 nitrogen and oxygen atoms in total. The van der Waals surface area contributed by atoms with Gasteiger partial charge in [-0.3, -0.25) is 4.99 Å². The van der Waals surface area contributed by atoms with Crippen LogP contribution in [0, 0.1) is 16.7 Å². The second kappa shape index (κ2) is 8.65. The normalized spacial score (nSPS) is 26.1. The summed E-state index contributed by atoms with van der Waals surface area (Å²) in [5.41, 5.74) is -3.13. The highest BCUT2D eigenvalue weighted by Crippen LogP contribution is 2.51. The molecule has 0 saturated carbocycles. The number of nitrogens with zero attached hydrogens (tertiary/aromatic N) is 3. The van der Waals surface area contributed by atoms with Gasteiger partial charge in [-0.2, -0.15) is 18.4 Å². The van der Waals surface area contributed by atoms with E-state index in [1.54, 1.807) is 24.4 Å². The summed E-state index contributed by atoms with van der Waals surface area (Å²) in [6.45, 7) is 6.00. The zero-order valence-corrected chi connectivity index (χ0v) is 22.5. The summed E-state index contributed by atoms with van der Waals surface area (Å²) in [5, 5.41) is 13.5. The van der Waals surface area contributed by atoms with Crippen LogP contribution in [0.4, 0.5) is 13.2 Å². The second-order valence-electron chi connectivity index (χ2n) is 9.61. The minimum atomic E-state index is -4.83. The smallest absolute Gasteiger partial charge is 0.374 e. The summed E-state index contributed by atoms with van der Waals surface area (Å²) in [6.07, 6.45) is -3.82. The molecule has 3 unspecified atom stereocenters. The average molecular weight is 608 g/mol. The third kappa shape index (κ3) is 4.15. The predicted molar refractivity (Wildman–Crippen MR) is 135 cm³/mol. The minimum absolute atomic E-state index is 0.0485. The molecule has 0 aromatic heterocycles. The van der Waals surface area contributed by atoms with Crippen LogP contribution in [0.5, 0.6) is 0 Å². The van der Waals surface area contributed by atoms with Crippen LogP contribution in [0.3, 0.4) is 0 Å². The average Bonchev–Trinajstić information content (AvgIpc) is 3.18. The van der Waals surface area contributed by atoms with E-state index in [1.165, 1.54) is 0 Å². The van der Waals surface area contributed by atoms with E-state index >= 15 is 0 Å². The van der Waals surface area contributed by atoms with Gasteiger partial charge in [0.05, 0.1) is 32.9 Å². The van der Waals surface area contributed by atoms with Crippen molar-refractivity contribution in [2.24, 2.45) is 15.6 Å². The van der Waals surface area contributed by atoms with Crippen molar-refractivity contribution in [1.29, 1.82) is 5.26 Å². The Morgan fingerprint density at radius 1 is 1.11 bits per heavy atom. The van der Waals surface area contributed by atoms with Gasteiger partial charge in [0.15, 0.2) is 0 Å². The van der Waals surface area contributed by atoms with Gasteiger partial charge in [0.25, 0.3) is 5.60 Å². The van der Waals surface area contributed by atoms with Crippen LogP contribution < -0.4 is 0 Å². The Bertz CT molecular complexity index is 1290. The highest BCUT2D eigenvalue weighted by Gasteiger charge is 2.62. The molecule has 2 aromatic rings. The number of halogens is 7. The number of hydrogen-bond donors (Lipinski definition) is 0. The van der Waals surface area contributed by atoms with E-state index in [9.17, 15) is 18.4 Å². The molecule has 35 heavy (non-hydrogen) atoms. The zero-order chi connectivity index (χ0) is 26.0. The Morgan fingerprint density at radius 3 is 2.20 bits per heavy atom. The van der Waals surface area contributed by atoms with Gasteiger partial charge in [0.2, 0.25) is 0 Å². The lowest BCUT2D eigenvalue weighted by molar-refractivity contribution is -0.275. The minimum Gasteiger partial charge on any atom is -0.374 e. The van der Waals surface area contributed by atoms with Crippen molar-refractivity contribution in [2.45, 2.75) is 50.4 Å². The van der Waals surface area contributed by atoms with Crippen LogP contribution >= 0.6 is 50.7 Å². The van der Waals surface area contributed by atoms with Crippen molar-refractivity contribution in [2.75, 3.05) is 0 Å². The predicted octanol–water partition coefficient (Wildman–Crippen LogP) is 8.25. The van der Waals surface area contributed by atoms with Gasteiger partial charge >= 0.3 is 6.18 Å². The molecular formula is C24H18BrCl3F3N3O. The van der Waals surface area contributed by atoms with Crippen LogP contribution in [-0.2, 0) is 15.9 Å². The van der Waals surface area contributed by atoms with E-state index < -0.39 is 23.6 Å². The molecule has 2 aliphatic heterocycles. The Morgan fingerprint density at radius 2 is 1.74 bits per heavy atom. The maximum absolute atomic E-state index is 14.3. The lowest BCUT2D eigenvalue weighted by Crippen LogP contribution is -2.53. The molecule has 11 heteroatoms. The molecule has 0 saturated heterocycles. The molecule has 0 fully saturated rings. The molecule has 0 spiro atoms.